The average molecular weight is 457 g/mol. The fourth-order valence-corrected chi connectivity index (χ4v) is 3.87. The number of hydrogen-bond donors (Lipinski definition) is 2. The van der Waals surface area contributed by atoms with Crippen LogP contribution in [0.1, 0.15) is 0 Å². The summed E-state index contributed by atoms with van der Waals surface area (Å²) >= 11 is 0. The van der Waals surface area contributed by atoms with Gasteiger partial charge in [-0.2, -0.15) is 0 Å². The van der Waals surface area contributed by atoms with E-state index in [0.29, 0.717) is 17.1 Å². The molecule has 6 rings (SSSR count). The van der Waals surface area contributed by atoms with Gasteiger partial charge in [-0.3, -0.25) is 0 Å². The molecule has 6 aromatic rings. The first kappa shape index (κ1) is 20.6. The predicted molar refractivity (Wildman–Crippen MR) is 135 cm³/mol. The lowest BCUT2D eigenvalue weighted by Gasteiger charge is -2.13. The number of phenols is 1. The smallest absolute Gasteiger partial charge is 0.251 e. The van der Waals surface area contributed by atoms with Gasteiger partial charge in [0.15, 0.2) is 5.65 Å². The van der Waals surface area contributed by atoms with Crippen molar-refractivity contribution in [3.05, 3.63) is 103 Å². The molecule has 0 unspecified atom stereocenters. The van der Waals surface area contributed by atoms with Crippen LogP contribution in [0.4, 0.5) is 11.5 Å². The summed E-state index contributed by atoms with van der Waals surface area (Å²) in [6.45, 7) is 0. The number of nitrogens with one attached hydrogen (secondary N) is 1. The molecule has 7 heteroatoms. The van der Waals surface area contributed by atoms with Crippen LogP contribution < -0.4 is 5.32 Å². The van der Waals surface area contributed by atoms with Crippen molar-refractivity contribution < 1.29 is 9.52 Å². The lowest BCUT2D eigenvalue weighted by atomic mass is 10.0. The minimum absolute atomic E-state index is 0.0915. The summed E-state index contributed by atoms with van der Waals surface area (Å²) in [7, 11) is 0. The minimum Gasteiger partial charge on any atom is -0.507 e. The number of aromatic hydroxyl groups is 1. The number of aromatic nitrogens is 4. The SMILES string of the molecule is Oc1ccccc1-c1nnc(-c2ccc(Nc3nc4ncccc4cc3-c3ccccc3)cc2)o1. The Hall–Kier alpha value is -5.04. The highest BCUT2D eigenvalue weighted by Crippen LogP contribution is 2.33. The van der Waals surface area contributed by atoms with Gasteiger partial charge >= 0.3 is 0 Å². The molecule has 0 atom stereocenters. The zero-order valence-electron chi connectivity index (χ0n) is 18.5. The van der Waals surface area contributed by atoms with Crippen LogP contribution in [0, 0.1) is 0 Å². The monoisotopic (exact) mass is 457 g/mol. The summed E-state index contributed by atoms with van der Waals surface area (Å²) in [6.07, 6.45) is 1.74. The molecule has 0 aliphatic rings. The number of fused-ring (bicyclic) bond motifs is 1. The Kier molecular flexibility index (Phi) is 5.12. The topological polar surface area (TPSA) is 97.0 Å². The van der Waals surface area contributed by atoms with Crippen molar-refractivity contribution in [1.29, 1.82) is 0 Å². The van der Waals surface area contributed by atoms with Gasteiger partial charge < -0.3 is 14.8 Å². The fraction of sp³-hybridized carbons (Fsp3) is 0. The van der Waals surface area contributed by atoms with Gasteiger partial charge in [-0.05, 0) is 60.2 Å². The van der Waals surface area contributed by atoms with E-state index in [-0.39, 0.29) is 11.6 Å². The molecule has 7 nitrogen and oxygen atoms in total. The summed E-state index contributed by atoms with van der Waals surface area (Å²) in [5, 5.41) is 22.7. The molecule has 0 aliphatic carbocycles. The third-order valence-electron chi connectivity index (χ3n) is 5.63. The van der Waals surface area contributed by atoms with E-state index in [0.717, 1.165) is 33.6 Å². The molecule has 35 heavy (non-hydrogen) atoms. The summed E-state index contributed by atoms with van der Waals surface area (Å²) in [6, 6.07) is 30.7. The van der Waals surface area contributed by atoms with Crippen molar-refractivity contribution in [2.45, 2.75) is 0 Å². The van der Waals surface area contributed by atoms with Gasteiger partial charge in [0.05, 0.1) is 5.56 Å². The van der Waals surface area contributed by atoms with Crippen LogP contribution in [0.3, 0.4) is 0 Å². The third-order valence-corrected chi connectivity index (χ3v) is 5.63. The number of benzene rings is 3. The van der Waals surface area contributed by atoms with Gasteiger partial charge in [-0.15, -0.1) is 10.2 Å². The molecule has 168 valence electrons. The number of phenolic OH excluding ortho intramolecular Hbond substituents is 1. The van der Waals surface area contributed by atoms with Crippen LogP contribution in [0.15, 0.2) is 108 Å². The first-order valence-electron chi connectivity index (χ1n) is 11.1. The zero-order chi connectivity index (χ0) is 23.6. The van der Waals surface area contributed by atoms with Crippen LogP contribution >= 0.6 is 0 Å². The first-order chi connectivity index (χ1) is 17.2. The van der Waals surface area contributed by atoms with Crippen LogP contribution in [0.5, 0.6) is 5.75 Å². The molecule has 0 saturated heterocycles. The van der Waals surface area contributed by atoms with Crippen molar-refractivity contribution in [2.24, 2.45) is 0 Å². The normalized spacial score (nSPS) is 11.0. The lowest BCUT2D eigenvalue weighted by Crippen LogP contribution is -1.98. The molecule has 3 aromatic carbocycles. The number of para-hydroxylation sites is 1. The number of rotatable bonds is 5. The quantitative estimate of drug-likeness (QED) is 0.306. The van der Waals surface area contributed by atoms with Gasteiger partial charge in [-0.25, -0.2) is 9.97 Å². The Bertz CT molecular complexity index is 1630. The Labute approximate surface area is 200 Å². The maximum atomic E-state index is 10.0. The van der Waals surface area contributed by atoms with Crippen LogP contribution in [0.25, 0.3) is 45.1 Å². The standard InChI is InChI=1S/C28H19N5O2/c34-24-11-5-4-10-22(24)28-33-32-27(35-28)19-12-14-21(15-13-19)30-26-23(18-7-2-1-3-8-18)17-20-9-6-16-29-25(20)31-26/h1-17,34H,(H,29,30,31). The van der Waals surface area contributed by atoms with Crippen molar-refractivity contribution in [3.8, 4) is 39.8 Å². The minimum atomic E-state index is 0.0915. The molecule has 0 spiro atoms. The zero-order valence-corrected chi connectivity index (χ0v) is 18.5. The van der Waals surface area contributed by atoms with E-state index < -0.39 is 0 Å². The Morgan fingerprint density at radius 3 is 2.29 bits per heavy atom. The average Bonchev–Trinajstić information content (AvgIpc) is 3.40. The highest BCUT2D eigenvalue weighted by molar-refractivity contribution is 5.89. The summed E-state index contributed by atoms with van der Waals surface area (Å²) in [5.41, 5.74) is 4.84. The van der Waals surface area contributed by atoms with Crippen LogP contribution in [-0.2, 0) is 0 Å². The third kappa shape index (κ3) is 4.06. The molecule has 0 bridgehead atoms. The highest BCUT2D eigenvalue weighted by Gasteiger charge is 2.14. The van der Waals surface area contributed by atoms with E-state index in [1.54, 1.807) is 30.5 Å². The van der Waals surface area contributed by atoms with Gasteiger partial charge in [0.1, 0.15) is 11.6 Å². The maximum Gasteiger partial charge on any atom is 0.251 e. The maximum absolute atomic E-state index is 10.0. The Morgan fingerprint density at radius 1 is 0.686 bits per heavy atom. The highest BCUT2D eigenvalue weighted by atomic mass is 16.4. The molecule has 0 saturated carbocycles. The van der Waals surface area contributed by atoms with Crippen LogP contribution in [0.2, 0.25) is 0 Å². The molecule has 0 aliphatic heterocycles. The molecule has 0 radical (unpaired) electrons. The van der Waals surface area contributed by atoms with Crippen molar-refractivity contribution in [1.82, 2.24) is 20.2 Å². The number of nitrogens with zero attached hydrogens (tertiary/aromatic N) is 4. The molecule has 3 aromatic heterocycles. The molecule has 0 amide bonds. The molecule has 2 N–H and O–H groups in total. The van der Waals surface area contributed by atoms with E-state index in [1.807, 2.05) is 54.6 Å². The molecular weight excluding hydrogens is 438 g/mol. The van der Waals surface area contributed by atoms with Gasteiger partial charge in [0.25, 0.3) is 5.89 Å². The van der Waals surface area contributed by atoms with Crippen molar-refractivity contribution >= 4 is 22.5 Å². The van der Waals surface area contributed by atoms with Crippen LogP contribution in [-0.4, -0.2) is 25.3 Å². The van der Waals surface area contributed by atoms with Gasteiger partial charge in [0.2, 0.25) is 5.89 Å². The largest absolute Gasteiger partial charge is 0.507 e. The Balaban J connectivity index is 1.31. The van der Waals surface area contributed by atoms with Gasteiger partial charge in [-0.1, -0.05) is 42.5 Å². The predicted octanol–water partition coefficient (Wildman–Crippen LogP) is 6.46. The summed E-state index contributed by atoms with van der Waals surface area (Å²) in [4.78, 5) is 9.19. The van der Waals surface area contributed by atoms with Gasteiger partial charge in [0, 0.05) is 28.4 Å². The van der Waals surface area contributed by atoms with E-state index >= 15 is 0 Å². The fourth-order valence-electron chi connectivity index (χ4n) is 3.87. The lowest BCUT2D eigenvalue weighted by molar-refractivity contribution is 0.473. The second-order valence-corrected chi connectivity index (χ2v) is 7.93. The number of pyridine rings is 2. The van der Waals surface area contributed by atoms with Crippen molar-refractivity contribution in [3.63, 3.8) is 0 Å². The molecule has 3 heterocycles. The van der Waals surface area contributed by atoms with E-state index in [9.17, 15) is 5.11 Å². The first-order valence-corrected chi connectivity index (χ1v) is 11.1. The Morgan fingerprint density at radius 2 is 1.46 bits per heavy atom. The van der Waals surface area contributed by atoms with E-state index in [2.05, 4.69) is 38.7 Å². The molecular formula is C28H19N5O2. The van der Waals surface area contributed by atoms with E-state index in [4.69, 9.17) is 9.40 Å². The number of anilines is 2. The second kappa shape index (κ2) is 8.72. The van der Waals surface area contributed by atoms with Crippen molar-refractivity contribution in [2.75, 3.05) is 5.32 Å². The number of hydrogen-bond acceptors (Lipinski definition) is 7. The molecule has 0 fully saturated rings. The second-order valence-electron chi connectivity index (χ2n) is 7.93. The summed E-state index contributed by atoms with van der Waals surface area (Å²) < 4.78 is 5.80. The van der Waals surface area contributed by atoms with E-state index in [1.165, 1.54) is 0 Å². The summed E-state index contributed by atoms with van der Waals surface area (Å²) in [5.74, 6) is 1.44.